The van der Waals surface area contributed by atoms with Crippen LogP contribution < -0.4 is 5.32 Å². The minimum atomic E-state index is 0.198. The van der Waals surface area contributed by atoms with Gasteiger partial charge in [-0.15, -0.1) is 0 Å². The first-order valence-electron chi connectivity index (χ1n) is 4.82. The highest BCUT2D eigenvalue weighted by molar-refractivity contribution is 5.91. The van der Waals surface area contributed by atoms with Crippen LogP contribution in [0.3, 0.4) is 0 Å². The number of aromatic hydroxyl groups is 1. The summed E-state index contributed by atoms with van der Waals surface area (Å²) in [5.41, 5.74) is 1.25. The van der Waals surface area contributed by atoms with Crippen LogP contribution in [0, 0.1) is 0 Å². The highest BCUT2D eigenvalue weighted by Crippen LogP contribution is 2.11. The quantitative estimate of drug-likeness (QED) is 0.350. The molecule has 0 unspecified atom stereocenters. The van der Waals surface area contributed by atoms with Crippen LogP contribution in [0.4, 0.5) is 0 Å². The number of phenols is 1. The summed E-state index contributed by atoms with van der Waals surface area (Å²) in [7, 11) is 1.64. The number of aldehydes is 1. The maximum absolute atomic E-state index is 10.8. The van der Waals surface area contributed by atoms with Gasteiger partial charge >= 0.3 is 0 Å². The molecule has 0 heterocycles. The number of nitrogens with one attached hydrogen (secondary N) is 1. The lowest BCUT2D eigenvalue weighted by atomic mass is 10.2. The van der Waals surface area contributed by atoms with Gasteiger partial charge in [0.1, 0.15) is 5.75 Å². The highest BCUT2D eigenvalue weighted by Gasteiger charge is 1.97. The summed E-state index contributed by atoms with van der Waals surface area (Å²) in [6, 6.07) is 6.57. The molecule has 0 aliphatic carbocycles. The minimum absolute atomic E-state index is 0.198. The van der Waals surface area contributed by atoms with Gasteiger partial charge in [0, 0.05) is 7.05 Å². The van der Waals surface area contributed by atoms with Crippen LogP contribution in [0.2, 0.25) is 0 Å². The van der Waals surface area contributed by atoms with E-state index in [-0.39, 0.29) is 5.75 Å². The van der Waals surface area contributed by atoms with Gasteiger partial charge in [0.2, 0.25) is 0 Å². The molecule has 0 saturated heterocycles. The van der Waals surface area contributed by atoms with E-state index < -0.39 is 0 Å². The van der Waals surface area contributed by atoms with Crippen LogP contribution in [0.1, 0.15) is 12.5 Å². The Morgan fingerprint density at radius 3 is 2.50 bits per heavy atom. The van der Waals surface area contributed by atoms with Crippen molar-refractivity contribution in [1.29, 1.82) is 0 Å². The first-order chi connectivity index (χ1) is 7.65. The zero-order chi connectivity index (χ0) is 12.0. The second kappa shape index (κ2) is 5.70. The molecule has 16 heavy (non-hydrogen) atoms. The number of carbonyl (C=O) groups excluding carboxylic acids is 1. The summed E-state index contributed by atoms with van der Waals surface area (Å²) in [6.07, 6.45) is 2.41. The number of phenolic OH excluding ortho intramolecular Hbond substituents is 1. The van der Waals surface area contributed by atoms with Crippen LogP contribution in [0.5, 0.6) is 5.75 Å². The van der Waals surface area contributed by atoms with Crippen molar-refractivity contribution < 1.29 is 9.90 Å². The molecule has 0 aliphatic heterocycles. The van der Waals surface area contributed by atoms with Crippen LogP contribution >= 0.6 is 0 Å². The van der Waals surface area contributed by atoms with Crippen LogP contribution in [0.25, 0.3) is 6.08 Å². The molecule has 0 fully saturated rings. The van der Waals surface area contributed by atoms with E-state index in [0.717, 1.165) is 11.8 Å². The Balaban J connectivity index is 2.87. The number of aliphatic imine (C=N–C) groups is 1. The standard InChI is InChI=1S/C12H14N2O2/c1-9(13-2)14-11(8-15)7-10-3-5-12(16)6-4-10/h3-8,16H,1-2H3,(H,13,14)/b11-7-. The average Bonchev–Trinajstić information content (AvgIpc) is 2.30. The number of carbonyl (C=O) groups is 1. The zero-order valence-electron chi connectivity index (χ0n) is 9.27. The molecule has 0 amide bonds. The third-order valence-electron chi connectivity index (χ3n) is 2.00. The van der Waals surface area contributed by atoms with Gasteiger partial charge in [-0.2, -0.15) is 0 Å². The number of rotatable bonds is 3. The topological polar surface area (TPSA) is 61.7 Å². The van der Waals surface area contributed by atoms with E-state index in [1.165, 1.54) is 0 Å². The van der Waals surface area contributed by atoms with Gasteiger partial charge in [-0.25, -0.2) is 0 Å². The number of hydrogen-bond acceptors (Lipinski definition) is 3. The third-order valence-corrected chi connectivity index (χ3v) is 2.00. The Bertz CT molecular complexity index is 419. The molecule has 0 aliphatic rings. The number of nitrogens with zero attached hydrogens (tertiary/aromatic N) is 1. The summed E-state index contributed by atoms with van der Waals surface area (Å²) in [5, 5.41) is 12.0. The van der Waals surface area contributed by atoms with E-state index in [1.54, 1.807) is 44.3 Å². The van der Waals surface area contributed by atoms with E-state index >= 15 is 0 Å². The lowest BCUT2D eigenvalue weighted by molar-refractivity contribution is -0.105. The molecule has 2 N–H and O–H groups in total. The van der Waals surface area contributed by atoms with Crippen molar-refractivity contribution in [2.24, 2.45) is 4.99 Å². The van der Waals surface area contributed by atoms with Gasteiger partial charge in [-0.1, -0.05) is 12.1 Å². The zero-order valence-corrected chi connectivity index (χ0v) is 9.27. The summed E-state index contributed by atoms with van der Waals surface area (Å²) in [4.78, 5) is 14.7. The van der Waals surface area contributed by atoms with Crippen LogP contribution in [0.15, 0.2) is 35.0 Å². The molecule has 1 rings (SSSR count). The molecule has 1 aromatic rings. The van der Waals surface area contributed by atoms with Crippen molar-refractivity contribution in [2.75, 3.05) is 7.05 Å². The van der Waals surface area contributed by atoms with Crippen molar-refractivity contribution in [2.45, 2.75) is 6.92 Å². The number of amidine groups is 1. The smallest absolute Gasteiger partial charge is 0.166 e. The largest absolute Gasteiger partial charge is 0.508 e. The second-order valence-electron chi connectivity index (χ2n) is 3.24. The average molecular weight is 218 g/mol. The Morgan fingerprint density at radius 2 is 2.00 bits per heavy atom. The molecule has 0 atom stereocenters. The maximum Gasteiger partial charge on any atom is 0.166 e. The minimum Gasteiger partial charge on any atom is -0.508 e. The predicted molar refractivity (Wildman–Crippen MR) is 64.3 cm³/mol. The number of allylic oxidation sites excluding steroid dienone is 1. The lowest BCUT2D eigenvalue weighted by Gasteiger charge is -2.03. The van der Waals surface area contributed by atoms with Gasteiger partial charge < -0.3 is 10.4 Å². The fourth-order valence-electron chi connectivity index (χ4n) is 1.11. The van der Waals surface area contributed by atoms with Crippen LogP contribution in [-0.2, 0) is 4.79 Å². The van der Waals surface area contributed by atoms with Crippen molar-refractivity contribution in [3.63, 3.8) is 0 Å². The molecule has 0 bridgehead atoms. The molecule has 0 saturated carbocycles. The van der Waals surface area contributed by atoms with Crippen molar-refractivity contribution >= 4 is 18.2 Å². The fourth-order valence-corrected chi connectivity index (χ4v) is 1.11. The van der Waals surface area contributed by atoms with Gasteiger partial charge in [0.25, 0.3) is 0 Å². The summed E-state index contributed by atoms with van der Waals surface area (Å²) < 4.78 is 0. The fraction of sp³-hybridized carbons (Fsp3) is 0.167. The van der Waals surface area contributed by atoms with Crippen molar-refractivity contribution in [3.8, 4) is 5.75 Å². The SMILES string of the molecule is CN=C(C)N/C(C=O)=C\c1ccc(O)cc1. The second-order valence-corrected chi connectivity index (χ2v) is 3.24. The van der Waals surface area contributed by atoms with Gasteiger partial charge in [0.15, 0.2) is 6.29 Å². The maximum atomic E-state index is 10.8. The molecular formula is C12H14N2O2. The summed E-state index contributed by atoms with van der Waals surface area (Å²) in [5.74, 6) is 0.862. The summed E-state index contributed by atoms with van der Waals surface area (Å²) >= 11 is 0. The normalized spacial score (nSPS) is 12.4. The van der Waals surface area contributed by atoms with Gasteiger partial charge in [0.05, 0.1) is 11.5 Å². The van der Waals surface area contributed by atoms with Crippen molar-refractivity contribution in [3.05, 3.63) is 35.5 Å². The number of hydrogen-bond donors (Lipinski definition) is 2. The predicted octanol–water partition coefficient (Wildman–Crippen LogP) is 1.57. The summed E-state index contributed by atoms with van der Waals surface area (Å²) in [6.45, 7) is 1.77. The Kier molecular flexibility index (Phi) is 4.27. The molecule has 0 spiro atoms. The molecule has 84 valence electrons. The molecular weight excluding hydrogens is 204 g/mol. The molecule has 0 aromatic heterocycles. The van der Waals surface area contributed by atoms with E-state index in [0.29, 0.717) is 11.5 Å². The Hall–Kier alpha value is -2.10. The number of benzene rings is 1. The Labute approximate surface area is 94.3 Å². The van der Waals surface area contributed by atoms with E-state index in [1.807, 2.05) is 0 Å². The van der Waals surface area contributed by atoms with Crippen molar-refractivity contribution in [1.82, 2.24) is 5.32 Å². The first kappa shape index (κ1) is 12.0. The van der Waals surface area contributed by atoms with Crippen LogP contribution in [-0.4, -0.2) is 24.3 Å². The monoisotopic (exact) mass is 218 g/mol. The van der Waals surface area contributed by atoms with E-state index in [9.17, 15) is 4.79 Å². The lowest BCUT2D eigenvalue weighted by Crippen LogP contribution is -2.20. The van der Waals surface area contributed by atoms with Gasteiger partial charge in [-0.3, -0.25) is 9.79 Å². The molecule has 0 radical (unpaired) electrons. The van der Waals surface area contributed by atoms with E-state index in [2.05, 4.69) is 10.3 Å². The Morgan fingerprint density at radius 1 is 1.38 bits per heavy atom. The first-order valence-corrected chi connectivity index (χ1v) is 4.82. The van der Waals surface area contributed by atoms with E-state index in [4.69, 9.17) is 5.11 Å². The molecule has 1 aromatic carbocycles. The third kappa shape index (κ3) is 3.57. The molecule has 4 heteroatoms. The van der Waals surface area contributed by atoms with Gasteiger partial charge in [-0.05, 0) is 30.7 Å². The molecule has 4 nitrogen and oxygen atoms in total. The highest BCUT2D eigenvalue weighted by atomic mass is 16.3.